The fraction of sp³-hybridized carbons (Fsp3) is 0.286. The summed E-state index contributed by atoms with van der Waals surface area (Å²) in [5, 5.41) is 2.02. The van der Waals surface area contributed by atoms with Crippen molar-refractivity contribution >= 4 is 55.1 Å². The number of carbonyl (C=O) groups is 2. The van der Waals surface area contributed by atoms with Crippen LogP contribution in [0.3, 0.4) is 0 Å². The van der Waals surface area contributed by atoms with Crippen LogP contribution in [0.2, 0.25) is 5.02 Å². The molecule has 2 amide bonds. The van der Waals surface area contributed by atoms with Gasteiger partial charge in [0.05, 0.1) is 21.2 Å². The Morgan fingerprint density at radius 3 is 2.20 bits per heavy atom. The molecule has 0 heterocycles. The third kappa shape index (κ3) is 8.02. The molecule has 0 spiro atoms. The summed E-state index contributed by atoms with van der Waals surface area (Å²) in [6.07, 6.45) is -4.88. The van der Waals surface area contributed by atoms with Crippen molar-refractivity contribution in [3.63, 3.8) is 0 Å². The van der Waals surface area contributed by atoms with Gasteiger partial charge in [-0.25, -0.2) is 8.42 Å². The number of carbonyl (C=O) groups excluding carboxylic acids is 2. The lowest BCUT2D eigenvalue weighted by Gasteiger charge is -2.32. The van der Waals surface area contributed by atoms with E-state index in [1.54, 1.807) is 38.1 Å². The SMILES string of the molecule is CCNC(=O)[C@@H](C)N(Cc1ccc(Br)cc1)C(=O)CN(c1ccc(Cl)c(C(F)(F)F)c1)S(=O)(=O)c1ccc(C)cc1. The maximum Gasteiger partial charge on any atom is 0.417 e. The summed E-state index contributed by atoms with van der Waals surface area (Å²) in [7, 11) is -4.54. The van der Waals surface area contributed by atoms with Gasteiger partial charge in [0.1, 0.15) is 12.6 Å². The summed E-state index contributed by atoms with van der Waals surface area (Å²) in [5.41, 5.74) is -0.258. The van der Waals surface area contributed by atoms with Gasteiger partial charge in [0.2, 0.25) is 11.8 Å². The molecule has 0 unspecified atom stereocenters. The van der Waals surface area contributed by atoms with Crippen LogP contribution in [-0.2, 0) is 32.3 Å². The molecule has 13 heteroatoms. The van der Waals surface area contributed by atoms with Crippen molar-refractivity contribution in [2.75, 3.05) is 17.4 Å². The fourth-order valence-electron chi connectivity index (χ4n) is 3.94. The third-order valence-electron chi connectivity index (χ3n) is 6.22. The summed E-state index contributed by atoms with van der Waals surface area (Å²) in [6.45, 7) is 4.30. The van der Waals surface area contributed by atoms with E-state index >= 15 is 0 Å². The zero-order chi connectivity index (χ0) is 30.5. The van der Waals surface area contributed by atoms with E-state index in [0.717, 1.165) is 22.2 Å². The fourth-order valence-corrected chi connectivity index (χ4v) is 5.84. The molecule has 3 aromatic carbocycles. The summed E-state index contributed by atoms with van der Waals surface area (Å²) >= 11 is 9.12. The Bertz CT molecular complexity index is 1500. The number of benzene rings is 3. The molecule has 7 nitrogen and oxygen atoms in total. The molecule has 3 rings (SSSR count). The van der Waals surface area contributed by atoms with Gasteiger partial charge < -0.3 is 10.2 Å². The molecule has 0 saturated carbocycles. The van der Waals surface area contributed by atoms with Crippen molar-refractivity contribution in [2.24, 2.45) is 0 Å². The summed E-state index contributed by atoms with van der Waals surface area (Å²) in [6, 6.07) is 14.2. The Labute approximate surface area is 250 Å². The molecule has 0 saturated heterocycles. The second-order valence-corrected chi connectivity index (χ2v) is 12.4. The van der Waals surface area contributed by atoms with Crippen LogP contribution in [0.15, 0.2) is 76.1 Å². The summed E-state index contributed by atoms with van der Waals surface area (Å²) < 4.78 is 70.1. The standard InChI is InChI=1S/C28H28BrClF3N3O4S/c1-4-34-27(38)19(3)35(16-20-7-9-21(29)10-8-20)26(37)17-36(41(39,40)23-12-5-18(2)6-13-23)22-11-14-25(30)24(15-22)28(31,32)33/h5-15,19H,4,16-17H2,1-3H3,(H,34,38)/t19-/m1/s1. The molecular weight excluding hydrogens is 647 g/mol. The third-order valence-corrected chi connectivity index (χ3v) is 8.86. The summed E-state index contributed by atoms with van der Waals surface area (Å²) in [5.74, 6) is -1.28. The quantitative estimate of drug-likeness (QED) is 0.279. The Morgan fingerprint density at radius 1 is 1.02 bits per heavy atom. The Morgan fingerprint density at radius 2 is 1.63 bits per heavy atom. The van der Waals surface area contributed by atoms with E-state index in [0.29, 0.717) is 22.5 Å². The normalized spacial score (nSPS) is 12.5. The highest BCUT2D eigenvalue weighted by molar-refractivity contribution is 9.10. The van der Waals surface area contributed by atoms with E-state index in [1.807, 2.05) is 0 Å². The molecule has 0 fully saturated rings. The van der Waals surface area contributed by atoms with Crippen LogP contribution in [0.4, 0.5) is 18.9 Å². The smallest absolute Gasteiger partial charge is 0.355 e. The first-order valence-corrected chi connectivity index (χ1v) is 15.0. The number of halogens is 5. The van der Waals surface area contributed by atoms with Crippen molar-refractivity contribution < 1.29 is 31.2 Å². The van der Waals surface area contributed by atoms with Gasteiger partial charge in [0.25, 0.3) is 10.0 Å². The topological polar surface area (TPSA) is 86.8 Å². The number of nitrogens with zero attached hydrogens (tertiary/aromatic N) is 2. The predicted molar refractivity (Wildman–Crippen MR) is 155 cm³/mol. The monoisotopic (exact) mass is 673 g/mol. The molecule has 41 heavy (non-hydrogen) atoms. The number of aryl methyl sites for hydroxylation is 1. The second kappa shape index (κ2) is 13.3. The van der Waals surface area contributed by atoms with Crippen molar-refractivity contribution in [3.8, 4) is 0 Å². The zero-order valence-corrected chi connectivity index (χ0v) is 25.5. The van der Waals surface area contributed by atoms with Crippen molar-refractivity contribution in [1.82, 2.24) is 10.2 Å². The highest BCUT2D eigenvalue weighted by Crippen LogP contribution is 2.38. The first kappa shape index (κ1) is 32.4. The van der Waals surface area contributed by atoms with Gasteiger partial charge in [0, 0.05) is 17.6 Å². The molecule has 0 aromatic heterocycles. The molecule has 0 aliphatic heterocycles. The highest BCUT2D eigenvalue weighted by atomic mass is 79.9. The maximum absolute atomic E-state index is 13.8. The minimum absolute atomic E-state index is 0.0583. The molecular formula is C28H28BrClF3N3O4S. The molecule has 220 valence electrons. The number of sulfonamides is 1. The second-order valence-electron chi connectivity index (χ2n) is 9.21. The largest absolute Gasteiger partial charge is 0.417 e. The van der Waals surface area contributed by atoms with Crippen LogP contribution in [0.5, 0.6) is 0 Å². The first-order chi connectivity index (χ1) is 19.1. The van der Waals surface area contributed by atoms with E-state index in [2.05, 4.69) is 21.2 Å². The molecule has 3 aromatic rings. The zero-order valence-electron chi connectivity index (χ0n) is 22.4. The van der Waals surface area contributed by atoms with Gasteiger partial charge in [-0.15, -0.1) is 0 Å². The van der Waals surface area contributed by atoms with Crippen LogP contribution in [-0.4, -0.2) is 44.3 Å². The maximum atomic E-state index is 13.8. The number of anilines is 1. The Balaban J connectivity index is 2.12. The lowest BCUT2D eigenvalue weighted by atomic mass is 10.1. The van der Waals surface area contributed by atoms with Crippen LogP contribution in [0, 0.1) is 6.92 Å². The molecule has 1 atom stereocenters. The average Bonchev–Trinajstić information content (AvgIpc) is 2.91. The minimum Gasteiger partial charge on any atom is -0.355 e. The van der Waals surface area contributed by atoms with Crippen molar-refractivity contribution in [1.29, 1.82) is 0 Å². The lowest BCUT2D eigenvalue weighted by Crippen LogP contribution is -2.51. The number of hydrogen-bond acceptors (Lipinski definition) is 4. The average molecular weight is 675 g/mol. The number of nitrogens with one attached hydrogen (secondary N) is 1. The van der Waals surface area contributed by atoms with Crippen molar-refractivity contribution in [3.05, 3.63) is 92.9 Å². The van der Waals surface area contributed by atoms with Gasteiger partial charge in [-0.05, 0) is 68.8 Å². The highest BCUT2D eigenvalue weighted by Gasteiger charge is 2.37. The minimum atomic E-state index is -4.88. The molecule has 0 aliphatic rings. The van der Waals surface area contributed by atoms with Gasteiger partial charge in [-0.1, -0.05) is 57.4 Å². The van der Waals surface area contributed by atoms with E-state index in [-0.39, 0.29) is 11.4 Å². The number of likely N-dealkylation sites (N-methyl/N-ethyl adjacent to an activating group) is 1. The number of rotatable bonds is 10. The van der Waals surface area contributed by atoms with E-state index in [9.17, 15) is 31.2 Å². The molecule has 0 radical (unpaired) electrons. The van der Waals surface area contributed by atoms with Crippen LogP contribution < -0.4 is 9.62 Å². The van der Waals surface area contributed by atoms with Crippen molar-refractivity contribution in [2.45, 2.75) is 44.4 Å². The summed E-state index contributed by atoms with van der Waals surface area (Å²) in [4.78, 5) is 27.5. The van der Waals surface area contributed by atoms with E-state index < -0.39 is 56.9 Å². The van der Waals surface area contributed by atoms with Gasteiger partial charge in [-0.3, -0.25) is 13.9 Å². The van der Waals surface area contributed by atoms with Crippen LogP contribution >= 0.6 is 27.5 Å². The van der Waals surface area contributed by atoms with E-state index in [1.165, 1.54) is 36.1 Å². The first-order valence-electron chi connectivity index (χ1n) is 12.4. The van der Waals surface area contributed by atoms with Crippen LogP contribution in [0.25, 0.3) is 0 Å². The van der Waals surface area contributed by atoms with Gasteiger partial charge >= 0.3 is 6.18 Å². The molecule has 0 bridgehead atoms. The number of hydrogen-bond donors (Lipinski definition) is 1. The molecule has 1 N–H and O–H groups in total. The Hall–Kier alpha value is -3.09. The van der Waals surface area contributed by atoms with E-state index in [4.69, 9.17) is 11.6 Å². The number of amides is 2. The molecule has 0 aliphatic carbocycles. The van der Waals surface area contributed by atoms with Gasteiger partial charge in [-0.2, -0.15) is 13.2 Å². The number of alkyl halides is 3. The van der Waals surface area contributed by atoms with Gasteiger partial charge in [0.15, 0.2) is 0 Å². The lowest BCUT2D eigenvalue weighted by molar-refractivity contribution is -0.139. The Kier molecular flexibility index (Phi) is 10.5. The van der Waals surface area contributed by atoms with Crippen LogP contribution in [0.1, 0.15) is 30.5 Å². The predicted octanol–water partition coefficient (Wildman–Crippen LogP) is 6.18.